The maximum absolute atomic E-state index is 11.9. The maximum Gasteiger partial charge on any atom is 0.226 e. The molecule has 23 heavy (non-hydrogen) atoms. The summed E-state index contributed by atoms with van der Waals surface area (Å²) in [6, 6.07) is 1.77. The summed E-state index contributed by atoms with van der Waals surface area (Å²) in [6.45, 7) is 6.56. The molecule has 0 saturated carbocycles. The largest absolute Gasteiger partial charge is 0.379 e. The van der Waals surface area contributed by atoms with Crippen molar-refractivity contribution in [2.24, 2.45) is 0 Å². The topological polar surface area (TPSA) is 80.5 Å². The molecule has 0 atom stereocenters. The zero-order valence-corrected chi connectivity index (χ0v) is 13.9. The lowest BCUT2D eigenvalue weighted by molar-refractivity contribution is -0.120. The minimum Gasteiger partial charge on any atom is -0.379 e. The molecule has 1 aliphatic rings. The molecule has 1 amide bonds. The van der Waals surface area contributed by atoms with Gasteiger partial charge in [-0.15, -0.1) is 11.3 Å². The van der Waals surface area contributed by atoms with Crippen LogP contribution in [0.4, 0.5) is 0 Å². The van der Waals surface area contributed by atoms with Crippen molar-refractivity contribution in [3.8, 4) is 0 Å². The number of nitrogens with zero attached hydrogens (tertiary/aromatic N) is 3. The lowest BCUT2D eigenvalue weighted by Crippen LogP contribution is -2.35. The minimum atomic E-state index is -0.0803. The van der Waals surface area contributed by atoms with Gasteiger partial charge in [-0.05, 0) is 6.92 Å². The predicted octanol–water partition coefficient (Wildman–Crippen LogP) is 1.13. The molecule has 1 N–H and O–H groups in total. The van der Waals surface area contributed by atoms with E-state index in [1.165, 1.54) is 0 Å². The Hall–Kier alpha value is -1.77. The number of thiazole rings is 1. The zero-order valence-electron chi connectivity index (χ0n) is 13.1. The van der Waals surface area contributed by atoms with Crippen LogP contribution in [-0.2, 0) is 29.0 Å². The van der Waals surface area contributed by atoms with Crippen molar-refractivity contribution < 1.29 is 14.1 Å². The Kier molecular flexibility index (Phi) is 5.37. The van der Waals surface area contributed by atoms with E-state index in [1.54, 1.807) is 24.3 Å². The van der Waals surface area contributed by atoms with Crippen molar-refractivity contribution in [1.82, 2.24) is 20.4 Å². The Morgan fingerprint density at radius 1 is 1.39 bits per heavy atom. The van der Waals surface area contributed by atoms with Crippen LogP contribution in [0.15, 0.2) is 16.0 Å². The number of aryl methyl sites for hydroxylation is 1. The molecule has 3 rings (SSSR count). The Morgan fingerprint density at radius 3 is 2.96 bits per heavy atom. The van der Waals surface area contributed by atoms with Crippen LogP contribution >= 0.6 is 11.3 Å². The van der Waals surface area contributed by atoms with Gasteiger partial charge >= 0.3 is 0 Å². The van der Waals surface area contributed by atoms with Crippen molar-refractivity contribution in [3.05, 3.63) is 33.6 Å². The first-order chi connectivity index (χ1) is 11.2. The van der Waals surface area contributed by atoms with E-state index in [2.05, 4.69) is 25.7 Å². The second-order valence-corrected chi connectivity index (χ2v) is 6.45. The van der Waals surface area contributed by atoms with Gasteiger partial charge in [-0.25, -0.2) is 4.98 Å². The van der Waals surface area contributed by atoms with E-state index in [-0.39, 0.29) is 12.3 Å². The smallest absolute Gasteiger partial charge is 0.226 e. The molecule has 1 aliphatic heterocycles. The zero-order chi connectivity index (χ0) is 16.1. The van der Waals surface area contributed by atoms with Crippen molar-refractivity contribution in [2.45, 2.75) is 26.4 Å². The average Bonchev–Trinajstić information content (AvgIpc) is 3.15. The van der Waals surface area contributed by atoms with Crippen LogP contribution in [0.3, 0.4) is 0 Å². The van der Waals surface area contributed by atoms with Gasteiger partial charge in [0, 0.05) is 31.1 Å². The molecule has 7 nitrogen and oxygen atoms in total. The van der Waals surface area contributed by atoms with Gasteiger partial charge in [0.25, 0.3) is 0 Å². The van der Waals surface area contributed by atoms with Crippen molar-refractivity contribution >= 4 is 17.2 Å². The Bertz CT molecular complexity index is 649. The molecular formula is C15H20N4O3S. The molecule has 2 aromatic rings. The van der Waals surface area contributed by atoms with Gasteiger partial charge in [-0.3, -0.25) is 9.69 Å². The number of amides is 1. The van der Waals surface area contributed by atoms with E-state index >= 15 is 0 Å². The molecule has 0 aliphatic carbocycles. The fourth-order valence-corrected chi connectivity index (χ4v) is 3.12. The van der Waals surface area contributed by atoms with Gasteiger partial charge in [0.1, 0.15) is 10.8 Å². The van der Waals surface area contributed by atoms with E-state index in [1.807, 2.05) is 0 Å². The van der Waals surface area contributed by atoms with Gasteiger partial charge in [0.2, 0.25) is 5.91 Å². The summed E-state index contributed by atoms with van der Waals surface area (Å²) < 4.78 is 10.3. The summed E-state index contributed by atoms with van der Waals surface area (Å²) >= 11 is 1.57. The maximum atomic E-state index is 11.9. The molecule has 1 saturated heterocycles. The van der Waals surface area contributed by atoms with E-state index in [9.17, 15) is 4.79 Å². The molecule has 124 valence electrons. The quantitative estimate of drug-likeness (QED) is 0.852. The number of aromatic nitrogens is 2. The van der Waals surface area contributed by atoms with Crippen molar-refractivity contribution in [2.75, 3.05) is 26.3 Å². The SMILES string of the molecule is Cc1cc(CC(=O)NCc2nc(CN3CCOCC3)cs2)no1. The summed E-state index contributed by atoms with van der Waals surface area (Å²) in [6.07, 6.45) is 0.226. The Balaban J connectivity index is 1.44. The van der Waals surface area contributed by atoms with Crippen LogP contribution in [0.5, 0.6) is 0 Å². The summed E-state index contributed by atoms with van der Waals surface area (Å²) in [5.41, 5.74) is 1.69. The summed E-state index contributed by atoms with van der Waals surface area (Å²) in [4.78, 5) is 18.8. The molecule has 2 aromatic heterocycles. The molecule has 0 spiro atoms. The third kappa shape index (κ3) is 4.85. The second kappa shape index (κ2) is 7.67. The first-order valence-electron chi connectivity index (χ1n) is 7.61. The number of carbonyl (C=O) groups is 1. The van der Waals surface area contributed by atoms with Gasteiger partial charge in [-0.1, -0.05) is 5.16 Å². The average molecular weight is 336 g/mol. The molecular weight excluding hydrogens is 316 g/mol. The van der Waals surface area contributed by atoms with Crippen LogP contribution in [0.1, 0.15) is 22.2 Å². The highest BCUT2D eigenvalue weighted by Gasteiger charge is 2.13. The van der Waals surface area contributed by atoms with Crippen LogP contribution < -0.4 is 5.32 Å². The van der Waals surface area contributed by atoms with Gasteiger partial charge in [-0.2, -0.15) is 0 Å². The molecule has 0 bridgehead atoms. The van der Waals surface area contributed by atoms with E-state index < -0.39 is 0 Å². The number of carbonyl (C=O) groups excluding carboxylic acids is 1. The Morgan fingerprint density at radius 2 is 2.22 bits per heavy atom. The molecule has 8 heteroatoms. The van der Waals surface area contributed by atoms with Gasteiger partial charge < -0.3 is 14.6 Å². The lowest BCUT2D eigenvalue weighted by Gasteiger charge is -2.25. The van der Waals surface area contributed by atoms with Gasteiger partial charge in [0.15, 0.2) is 0 Å². The first-order valence-corrected chi connectivity index (χ1v) is 8.49. The number of morpholine rings is 1. The molecule has 1 fully saturated rings. The Labute approximate surface area is 138 Å². The molecule has 0 radical (unpaired) electrons. The van der Waals surface area contributed by atoms with Crippen LogP contribution in [0.25, 0.3) is 0 Å². The van der Waals surface area contributed by atoms with E-state index in [0.29, 0.717) is 18.0 Å². The normalized spacial score (nSPS) is 15.7. The highest BCUT2D eigenvalue weighted by Crippen LogP contribution is 2.13. The first kappa shape index (κ1) is 16.1. The molecule has 0 aromatic carbocycles. The number of rotatable bonds is 6. The second-order valence-electron chi connectivity index (χ2n) is 5.50. The fourth-order valence-electron chi connectivity index (χ4n) is 2.39. The summed E-state index contributed by atoms with van der Waals surface area (Å²) in [7, 11) is 0. The van der Waals surface area contributed by atoms with Crippen molar-refractivity contribution in [3.63, 3.8) is 0 Å². The molecule has 0 unspecified atom stereocenters. The lowest BCUT2D eigenvalue weighted by atomic mass is 10.3. The summed E-state index contributed by atoms with van der Waals surface area (Å²) in [5.74, 6) is 0.628. The van der Waals surface area contributed by atoms with Gasteiger partial charge in [0.05, 0.1) is 37.6 Å². The fraction of sp³-hybridized carbons (Fsp3) is 0.533. The third-order valence-corrected chi connectivity index (χ3v) is 4.44. The number of hydrogen-bond donors (Lipinski definition) is 1. The highest BCUT2D eigenvalue weighted by molar-refractivity contribution is 7.09. The number of hydrogen-bond acceptors (Lipinski definition) is 7. The third-order valence-electron chi connectivity index (χ3n) is 3.54. The predicted molar refractivity (Wildman–Crippen MR) is 85.0 cm³/mol. The molecule has 3 heterocycles. The van der Waals surface area contributed by atoms with Crippen LogP contribution in [0.2, 0.25) is 0 Å². The minimum absolute atomic E-state index is 0.0803. The standard InChI is InChI=1S/C15H20N4O3S/c1-11-6-12(18-22-11)7-14(20)16-8-15-17-13(10-23-15)9-19-2-4-21-5-3-19/h6,10H,2-5,7-9H2,1H3,(H,16,20). The van der Waals surface area contributed by atoms with Crippen molar-refractivity contribution in [1.29, 1.82) is 0 Å². The number of ether oxygens (including phenoxy) is 1. The summed E-state index contributed by atoms with van der Waals surface area (Å²) in [5, 5.41) is 9.65. The number of nitrogens with one attached hydrogen (secondary N) is 1. The van der Waals surface area contributed by atoms with E-state index in [4.69, 9.17) is 9.26 Å². The van der Waals surface area contributed by atoms with Crippen LogP contribution in [-0.4, -0.2) is 47.3 Å². The monoisotopic (exact) mass is 336 g/mol. The van der Waals surface area contributed by atoms with E-state index in [0.717, 1.165) is 43.5 Å². The highest BCUT2D eigenvalue weighted by atomic mass is 32.1. The van der Waals surface area contributed by atoms with Crippen LogP contribution in [0, 0.1) is 6.92 Å².